The third kappa shape index (κ3) is 5.58. The van der Waals surface area contributed by atoms with Crippen molar-refractivity contribution in [2.45, 2.75) is 12.8 Å². The highest BCUT2D eigenvalue weighted by Crippen LogP contribution is 2.30. The molecule has 35 heavy (non-hydrogen) atoms. The number of rotatable bonds is 6. The van der Waals surface area contributed by atoms with Crippen LogP contribution in [0.4, 0.5) is 10.2 Å². The van der Waals surface area contributed by atoms with Crippen LogP contribution in [0.2, 0.25) is 0 Å². The molecular formula is C30H24FN3O. The average molecular weight is 462 g/mol. The summed E-state index contributed by atoms with van der Waals surface area (Å²) in [5, 5.41) is 2.93. The van der Waals surface area contributed by atoms with Crippen LogP contribution in [0.3, 0.4) is 0 Å². The van der Waals surface area contributed by atoms with Gasteiger partial charge in [0.05, 0.1) is 18.3 Å². The monoisotopic (exact) mass is 461 g/mol. The van der Waals surface area contributed by atoms with Crippen LogP contribution in [-0.2, 0) is 4.79 Å². The molecule has 5 heteroatoms. The van der Waals surface area contributed by atoms with Crippen molar-refractivity contribution in [1.29, 1.82) is 0 Å². The van der Waals surface area contributed by atoms with Crippen molar-refractivity contribution in [1.82, 2.24) is 9.97 Å². The van der Waals surface area contributed by atoms with Crippen LogP contribution in [0, 0.1) is 11.7 Å². The van der Waals surface area contributed by atoms with E-state index in [1.807, 2.05) is 48.6 Å². The van der Waals surface area contributed by atoms with Gasteiger partial charge in [-0.2, -0.15) is 0 Å². The summed E-state index contributed by atoms with van der Waals surface area (Å²) < 4.78 is 13.4. The van der Waals surface area contributed by atoms with Gasteiger partial charge in [-0.05, 0) is 53.5 Å². The summed E-state index contributed by atoms with van der Waals surface area (Å²) in [6, 6.07) is 15.9. The van der Waals surface area contributed by atoms with Crippen LogP contribution >= 0.6 is 0 Å². The minimum atomic E-state index is -0.312. The summed E-state index contributed by atoms with van der Waals surface area (Å²) >= 11 is 0. The van der Waals surface area contributed by atoms with Crippen molar-refractivity contribution >= 4 is 23.9 Å². The maximum atomic E-state index is 13.4. The number of carbonyl (C=O) groups excluding carboxylic acids is 1. The fourth-order valence-electron chi connectivity index (χ4n) is 4.12. The number of nitrogens with one attached hydrogen (secondary N) is 1. The number of carbonyl (C=O) groups is 1. The largest absolute Gasteiger partial charge is 0.309 e. The van der Waals surface area contributed by atoms with Crippen LogP contribution in [0.5, 0.6) is 0 Å². The summed E-state index contributed by atoms with van der Waals surface area (Å²) in [4.78, 5) is 22.1. The fourth-order valence-corrected chi connectivity index (χ4v) is 4.12. The van der Waals surface area contributed by atoms with Gasteiger partial charge in [0.15, 0.2) is 5.82 Å². The zero-order chi connectivity index (χ0) is 24.0. The predicted octanol–water partition coefficient (Wildman–Crippen LogP) is 6.78. The lowest BCUT2D eigenvalue weighted by molar-refractivity contribution is -0.115. The molecule has 1 N–H and O–H groups in total. The second-order valence-electron chi connectivity index (χ2n) is 8.48. The van der Waals surface area contributed by atoms with Crippen molar-refractivity contribution in [3.05, 3.63) is 125 Å². The summed E-state index contributed by atoms with van der Waals surface area (Å²) in [6.45, 7) is 0. The third-order valence-electron chi connectivity index (χ3n) is 5.94. The highest BCUT2D eigenvalue weighted by atomic mass is 19.1. The standard InChI is InChI=1S/C30H24FN3O/c31-26-15-13-24(14-16-26)28-20-32-30(27(33-28)17-11-21-6-2-1-3-7-21)34-29(35)19-22-10-12-23-8-4-5-9-25(23)18-22/h1-8,10-18,20,25H,9,19H2,(H,32,34,35)/b17-11+. The second-order valence-corrected chi connectivity index (χ2v) is 8.48. The van der Waals surface area contributed by atoms with Gasteiger partial charge in [-0.15, -0.1) is 0 Å². The van der Waals surface area contributed by atoms with Gasteiger partial charge in [0.25, 0.3) is 0 Å². The number of hydrogen-bond acceptors (Lipinski definition) is 3. The first kappa shape index (κ1) is 22.4. The molecule has 1 heterocycles. The lowest BCUT2D eigenvalue weighted by Crippen LogP contribution is -2.16. The van der Waals surface area contributed by atoms with Gasteiger partial charge in [0.1, 0.15) is 11.5 Å². The van der Waals surface area contributed by atoms with Crippen LogP contribution < -0.4 is 5.32 Å². The Labute approximate surface area is 204 Å². The van der Waals surface area contributed by atoms with E-state index in [0.717, 1.165) is 23.1 Å². The van der Waals surface area contributed by atoms with Gasteiger partial charge >= 0.3 is 0 Å². The summed E-state index contributed by atoms with van der Waals surface area (Å²) in [5.41, 5.74) is 5.12. The summed E-state index contributed by atoms with van der Waals surface area (Å²) in [5.74, 6) is 0.243. The number of nitrogens with zero attached hydrogens (tertiary/aromatic N) is 2. The number of amides is 1. The molecule has 172 valence electrons. The van der Waals surface area contributed by atoms with Crippen molar-refractivity contribution < 1.29 is 9.18 Å². The van der Waals surface area contributed by atoms with E-state index >= 15 is 0 Å². The Balaban J connectivity index is 1.38. The Morgan fingerprint density at radius 3 is 2.71 bits per heavy atom. The van der Waals surface area contributed by atoms with Gasteiger partial charge in [0, 0.05) is 11.5 Å². The number of halogens is 1. The molecule has 2 aromatic carbocycles. The summed E-state index contributed by atoms with van der Waals surface area (Å²) in [6.07, 6.45) is 19.1. The van der Waals surface area contributed by atoms with E-state index in [9.17, 15) is 9.18 Å². The molecule has 0 saturated carbocycles. The predicted molar refractivity (Wildman–Crippen MR) is 139 cm³/mol. The number of hydrogen-bond donors (Lipinski definition) is 1. The van der Waals surface area contributed by atoms with Crippen molar-refractivity contribution in [2.75, 3.05) is 5.32 Å². The van der Waals surface area contributed by atoms with Crippen LogP contribution in [-0.4, -0.2) is 15.9 Å². The van der Waals surface area contributed by atoms with Crippen LogP contribution in [0.25, 0.3) is 23.4 Å². The molecule has 0 aliphatic heterocycles. The molecule has 0 saturated heterocycles. The van der Waals surface area contributed by atoms with Gasteiger partial charge in [-0.25, -0.2) is 14.4 Å². The maximum Gasteiger partial charge on any atom is 0.229 e. The minimum absolute atomic E-state index is 0.155. The SMILES string of the molecule is O=C(CC1=CC2CC=CC=C2C=C1)Nc1ncc(-c2ccc(F)cc2)nc1/C=C/c1ccccc1. The molecule has 1 aromatic heterocycles. The number of allylic oxidation sites excluding steroid dienone is 7. The molecule has 0 bridgehead atoms. The van der Waals surface area contributed by atoms with E-state index in [4.69, 9.17) is 4.98 Å². The van der Waals surface area contributed by atoms with Gasteiger partial charge < -0.3 is 5.32 Å². The smallest absolute Gasteiger partial charge is 0.229 e. The first-order chi connectivity index (χ1) is 17.1. The van der Waals surface area contributed by atoms with E-state index in [2.05, 4.69) is 40.7 Å². The van der Waals surface area contributed by atoms with E-state index < -0.39 is 0 Å². The molecule has 0 fully saturated rings. The van der Waals surface area contributed by atoms with Crippen LogP contribution in [0.15, 0.2) is 108 Å². The fraction of sp³-hybridized carbons (Fsp3) is 0.100. The number of fused-ring (bicyclic) bond motifs is 1. The molecule has 3 aromatic rings. The first-order valence-electron chi connectivity index (χ1n) is 11.6. The van der Waals surface area contributed by atoms with E-state index in [1.54, 1.807) is 18.3 Å². The van der Waals surface area contributed by atoms with Gasteiger partial charge in [-0.3, -0.25) is 4.79 Å². The normalized spacial score (nSPS) is 16.5. The Hall–Kier alpha value is -4.38. The van der Waals surface area contributed by atoms with Crippen molar-refractivity contribution in [2.24, 2.45) is 5.92 Å². The Bertz CT molecular complexity index is 1380. The molecule has 1 amide bonds. The van der Waals surface area contributed by atoms with Crippen molar-refractivity contribution in [3.8, 4) is 11.3 Å². The lowest BCUT2D eigenvalue weighted by Gasteiger charge is -2.20. The third-order valence-corrected chi connectivity index (χ3v) is 5.94. The van der Waals surface area contributed by atoms with E-state index in [-0.39, 0.29) is 18.1 Å². The number of anilines is 1. The Morgan fingerprint density at radius 2 is 1.89 bits per heavy atom. The molecule has 5 rings (SSSR count). The quantitative estimate of drug-likeness (QED) is 0.440. The molecule has 2 aliphatic carbocycles. The van der Waals surface area contributed by atoms with Crippen molar-refractivity contribution in [3.63, 3.8) is 0 Å². The number of benzene rings is 2. The Kier molecular flexibility index (Phi) is 6.57. The average Bonchev–Trinajstić information content (AvgIpc) is 2.89. The topological polar surface area (TPSA) is 54.9 Å². The van der Waals surface area contributed by atoms with E-state index in [1.165, 1.54) is 17.7 Å². The molecular weight excluding hydrogens is 437 g/mol. The zero-order valence-corrected chi connectivity index (χ0v) is 19.1. The first-order valence-corrected chi connectivity index (χ1v) is 11.6. The Morgan fingerprint density at radius 1 is 1.06 bits per heavy atom. The zero-order valence-electron chi connectivity index (χ0n) is 19.1. The van der Waals surface area contributed by atoms with Gasteiger partial charge in [0.2, 0.25) is 5.91 Å². The highest BCUT2D eigenvalue weighted by Gasteiger charge is 2.17. The maximum absolute atomic E-state index is 13.4. The lowest BCUT2D eigenvalue weighted by atomic mass is 9.85. The molecule has 0 radical (unpaired) electrons. The molecule has 1 unspecified atom stereocenters. The number of aromatic nitrogens is 2. The second kappa shape index (κ2) is 10.3. The van der Waals surface area contributed by atoms with Gasteiger partial charge in [-0.1, -0.05) is 72.9 Å². The molecule has 2 aliphatic rings. The molecule has 0 spiro atoms. The van der Waals surface area contributed by atoms with E-state index in [0.29, 0.717) is 23.1 Å². The summed E-state index contributed by atoms with van der Waals surface area (Å²) in [7, 11) is 0. The van der Waals surface area contributed by atoms with Crippen LogP contribution in [0.1, 0.15) is 24.1 Å². The minimum Gasteiger partial charge on any atom is -0.309 e. The highest BCUT2D eigenvalue weighted by molar-refractivity contribution is 5.94. The molecule has 4 nitrogen and oxygen atoms in total. The molecule has 1 atom stereocenters.